The molecule has 0 bridgehead atoms. The molecule has 0 aliphatic rings. The number of hydrogen-bond acceptors (Lipinski definition) is 5. The highest BCUT2D eigenvalue weighted by Gasteiger charge is 2.11. The lowest BCUT2D eigenvalue weighted by Crippen LogP contribution is -2.13. The fourth-order valence-corrected chi connectivity index (χ4v) is 2.31. The fraction of sp³-hybridized carbons (Fsp3) is 0.263. The summed E-state index contributed by atoms with van der Waals surface area (Å²) >= 11 is 0. The molecule has 0 aromatic heterocycles. The SMILES string of the molecule is COCCOc1cccc(C(=O)Nc2cc(COC)cc(C(=O)O)c2)c1. The molecule has 0 aliphatic heterocycles. The summed E-state index contributed by atoms with van der Waals surface area (Å²) < 4.78 is 15.4. The van der Waals surface area contributed by atoms with E-state index < -0.39 is 5.97 Å². The maximum atomic E-state index is 12.5. The van der Waals surface area contributed by atoms with Gasteiger partial charge in [-0.15, -0.1) is 0 Å². The van der Waals surface area contributed by atoms with E-state index in [0.29, 0.717) is 35.8 Å². The molecule has 2 aromatic carbocycles. The molecule has 1 amide bonds. The van der Waals surface area contributed by atoms with Gasteiger partial charge in [0, 0.05) is 25.5 Å². The summed E-state index contributed by atoms with van der Waals surface area (Å²) in [6.07, 6.45) is 0. The molecule has 0 fully saturated rings. The van der Waals surface area contributed by atoms with Crippen LogP contribution in [0.25, 0.3) is 0 Å². The number of carbonyl (C=O) groups is 2. The van der Waals surface area contributed by atoms with E-state index in [4.69, 9.17) is 14.2 Å². The van der Waals surface area contributed by atoms with Crippen molar-refractivity contribution in [1.29, 1.82) is 0 Å². The fourth-order valence-electron chi connectivity index (χ4n) is 2.31. The Kier molecular flexibility index (Phi) is 7.13. The molecule has 7 heteroatoms. The molecule has 26 heavy (non-hydrogen) atoms. The smallest absolute Gasteiger partial charge is 0.335 e. The summed E-state index contributed by atoms with van der Waals surface area (Å²) in [7, 11) is 3.09. The molecule has 2 aromatic rings. The van der Waals surface area contributed by atoms with Gasteiger partial charge in [0.2, 0.25) is 0 Å². The molecule has 0 saturated heterocycles. The van der Waals surface area contributed by atoms with Crippen LogP contribution in [0.3, 0.4) is 0 Å². The van der Waals surface area contributed by atoms with Crippen molar-refractivity contribution in [3.05, 3.63) is 59.2 Å². The number of benzene rings is 2. The molecule has 0 radical (unpaired) electrons. The highest BCUT2D eigenvalue weighted by molar-refractivity contribution is 6.05. The quantitative estimate of drug-likeness (QED) is 0.669. The van der Waals surface area contributed by atoms with Crippen LogP contribution in [0.4, 0.5) is 5.69 Å². The summed E-state index contributed by atoms with van der Waals surface area (Å²) in [5.41, 5.74) is 1.51. The molecular weight excluding hydrogens is 338 g/mol. The van der Waals surface area contributed by atoms with Crippen LogP contribution in [0.15, 0.2) is 42.5 Å². The molecular formula is C19H21NO6. The third kappa shape index (κ3) is 5.58. The zero-order valence-electron chi connectivity index (χ0n) is 14.7. The van der Waals surface area contributed by atoms with Gasteiger partial charge in [-0.25, -0.2) is 4.79 Å². The first-order valence-electron chi connectivity index (χ1n) is 7.93. The largest absolute Gasteiger partial charge is 0.491 e. The first-order chi connectivity index (χ1) is 12.5. The van der Waals surface area contributed by atoms with Crippen molar-refractivity contribution in [2.75, 3.05) is 32.8 Å². The van der Waals surface area contributed by atoms with E-state index in [1.165, 1.54) is 19.2 Å². The van der Waals surface area contributed by atoms with Crippen molar-refractivity contribution < 1.29 is 28.9 Å². The van der Waals surface area contributed by atoms with E-state index >= 15 is 0 Å². The second-order valence-corrected chi connectivity index (χ2v) is 5.48. The lowest BCUT2D eigenvalue weighted by molar-refractivity contribution is 0.0696. The Labute approximate surface area is 151 Å². The predicted octanol–water partition coefficient (Wildman–Crippen LogP) is 2.81. The van der Waals surface area contributed by atoms with Gasteiger partial charge in [-0.3, -0.25) is 4.79 Å². The average molecular weight is 359 g/mol. The zero-order valence-corrected chi connectivity index (χ0v) is 14.7. The number of carboxylic acid groups (broad SMARTS) is 1. The third-order valence-electron chi connectivity index (χ3n) is 3.46. The number of hydrogen-bond donors (Lipinski definition) is 2. The highest BCUT2D eigenvalue weighted by Crippen LogP contribution is 2.19. The number of carboxylic acids is 1. The van der Waals surface area contributed by atoms with Gasteiger partial charge < -0.3 is 24.6 Å². The van der Waals surface area contributed by atoms with Gasteiger partial charge in [-0.2, -0.15) is 0 Å². The molecule has 0 atom stereocenters. The van der Waals surface area contributed by atoms with Crippen LogP contribution in [0.5, 0.6) is 5.75 Å². The van der Waals surface area contributed by atoms with Crippen molar-refractivity contribution in [3.63, 3.8) is 0 Å². The van der Waals surface area contributed by atoms with E-state index in [2.05, 4.69) is 5.32 Å². The first-order valence-corrected chi connectivity index (χ1v) is 7.93. The molecule has 0 aliphatic carbocycles. The maximum Gasteiger partial charge on any atom is 0.335 e. The van der Waals surface area contributed by atoms with Gasteiger partial charge in [-0.05, 0) is 42.0 Å². The van der Waals surface area contributed by atoms with E-state index in [9.17, 15) is 14.7 Å². The standard InChI is InChI=1S/C19H21NO6/c1-24-6-7-26-17-5-3-4-14(11-17)18(21)20-16-9-13(12-25-2)8-15(10-16)19(22)23/h3-5,8-11H,6-7,12H2,1-2H3,(H,20,21)(H,22,23). The van der Waals surface area contributed by atoms with E-state index in [-0.39, 0.29) is 18.1 Å². The lowest BCUT2D eigenvalue weighted by atomic mass is 10.1. The van der Waals surface area contributed by atoms with E-state index in [1.54, 1.807) is 37.4 Å². The molecule has 2 N–H and O–H groups in total. The van der Waals surface area contributed by atoms with Gasteiger partial charge in [-0.1, -0.05) is 6.07 Å². The maximum absolute atomic E-state index is 12.5. The van der Waals surface area contributed by atoms with Crippen molar-refractivity contribution >= 4 is 17.6 Å². The Morgan fingerprint density at radius 2 is 1.81 bits per heavy atom. The minimum absolute atomic E-state index is 0.0755. The van der Waals surface area contributed by atoms with Crippen molar-refractivity contribution in [2.24, 2.45) is 0 Å². The molecule has 7 nitrogen and oxygen atoms in total. The van der Waals surface area contributed by atoms with Crippen LogP contribution in [-0.4, -0.2) is 44.4 Å². The predicted molar refractivity (Wildman–Crippen MR) is 95.9 cm³/mol. The Hall–Kier alpha value is -2.90. The van der Waals surface area contributed by atoms with E-state index in [1.807, 2.05) is 0 Å². The van der Waals surface area contributed by atoms with Gasteiger partial charge in [0.25, 0.3) is 5.91 Å². The van der Waals surface area contributed by atoms with E-state index in [0.717, 1.165) is 0 Å². The molecule has 0 spiro atoms. The molecule has 0 saturated carbocycles. The summed E-state index contributed by atoms with van der Waals surface area (Å²) in [5, 5.41) is 11.9. The van der Waals surface area contributed by atoms with Crippen LogP contribution in [0, 0.1) is 0 Å². The number of amides is 1. The van der Waals surface area contributed by atoms with Crippen LogP contribution in [-0.2, 0) is 16.1 Å². The van der Waals surface area contributed by atoms with Gasteiger partial charge in [0.15, 0.2) is 0 Å². The van der Waals surface area contributed by atoms with Crippen LogP contribution in [0.1, 0.15) is 26.3 Å². The number of carbonyl (C=O) groups excluding carboxylic acids is 1. The summed E-state index contributed by atoms with van der Waals surface area (Å²) in [5.74, 6) is -0.894. The Bertz CT molecular complexity index is 774. The van der Waals surface area contributed by atoms with Crippen molar-refractivity contribution in [1.82, 2.24) is 0 Å². The van der Waals surface area contributed by atoms with Gasteiger partial charge >= 0.3 is 5.97 Å². The van der Waals surface area contributed by atoms with Crippen LogP contribution < -0.4 is 10.1 Å². The molecule has 138 valence electrons. The van der Waals surface area contributed by atoms with Crippen LogP contribution in [0.2, 0.25) is 0 Å². The molecule has 2 rings (SSSR count). The number of nitrogens with one attached hydrogen (secondary N) is 1. The normalized spacial score (nSPS) is 10.4. The van der Waals surface area contributed by atoms with Gasteiger partial charge in [0.1, 0.15) is 12.4 Å². The van der Waals surface area contributed by atoms with Gasteiger partial charge in [0.05, 0.1) is 18.8 Å². The van der Waals surface area contributed by atoms with Crippen molar-refractivity contribution in [3.8, 4) is 5.75 Å². The Balaban J connectivity index is 2.16. The number of anilines is 1. The highest BCUT2D eigenvalue weighted by atomic mass is 16.5. The summed E-state index contributed by atoms with van der Waals surface area (Å²) in [6, 6.07) is 11.3. The summed E-state index contributed by atoms with van der Waals surface area (Å²) in [4.78, 5) is 23.7. The second-order valence-electron chi connectivity index (χ2n) is 5.48. The number of methoxy groups -OCH3 is 2. The Morgan fingerprint density at radius 3 is 2.50 bits per heavy atom. The van der Waals surface area contributed by atoms with Crippen molar-refractivity contribution in [2.45, 2.75) is 6.61 Å². The second kappa shape index (κ2) is 9.55. The first kappa shape index (κ1) is 19.4. The number of rotatable bonds is 9. The number of aromatic carboxylic acids is 1. The average Bonchev–Trinajstić information content (AvgIpc) is 2.62. The third-order valence-corrected chi connectivity index (χ3v) is 3.46. The topological polar surface area (TPSA) is 94.1 Å². The lowest BCUT2D eigenvalue weighted by Gasteiger charge is -2.10. The van der Waals surface area contributed by atoms with Crippen LogP contribution >= 0.6 is 0 Å². The Morgan fingerprint density at radius 1 is 1.00 bits per heavy atom. The summed E-state index contributed by atoms with van der Waals surface area (Å²) in [6.45, 7) is 1.07. The molecule has 0 unspecified atom stereocenters. The number of ether oxygens (including phenoxy) is 3. The molecule has 0 heterocycles. The monoisotopic (exact) mass is 359 g/mol. The minimum Gasteiger partial charge on any atom is -0.491 e. The minimum atomic E-state index is -1.08. The zero-order chi connectivity index (χ0) is 18.9.